The van der Waals surface area contributed by atoms with Gasteiger partial charge in [-0.3, -0.25) is 14.8 Å². The van der Waals surface area contributed by atoms with E-state index in [1.807, 2.05) is 26.0 Å². The van der Waals surface area contributed by atoms with Crippen LogP contribution in [0.25, 0.3) is 5.65 Å². The predicted molar refractivity (Wildman–Crippen MR) is 93.6 cm³/mol. The molecule has 1 unspecified atom stereocenters. The van der Waals surface area contributed by atoms with Crippen molar-refractivity contribution in [3.63, 3.8) is 0 Å². The predicted octanol–water partition coefficient (Wildman–Crippen LogP) is 2.29. The van der Waals surface area contributed by atoms with Crippen LogP contribution < -0.4 is 4.74 Å². The van der Waals surface area contributed by atoms with Gasteiger partial charge in [0.25, 0.3) is 0 Å². The number of ether oxygens (including phenoxy) is 2. The Hall–Kier alpha value is -3.03. The van der Waals surface area contributed by atoms with Crippen molar-refractivity contribution in [2.75, 3.05) is 0 Å². The fourth-order valence-corrected chi connectivity index (χ4v) is 2.50. The Morgan fingerprint density at radius 2 is 2.12 bits per heavy atom. The molecule has 3 aromatic heterocycles. The van der Waals surface area contributed by atoms with Crippen molar-refractivity contribution in [2.45, 2.75) is 46.3 Å². The standard InChI is InChI=1S/C18H21N5O3/c1-12-9-20-16(10-19-12)11-25-18-8-15(5-4-13(2)26-14(3)24)22-17-6-7-21-23(17)18/h6-10,13H,4-5,11H2,1-3H3. The number of esters is 1. The van der Waals surface area contributed by atoms with Crippen LogP contribution in [0, 0.1) is 6.92 Å². The molecule has 0 spiro atoms. The molecule has 1 atom stereocenters. The van der Waals surface area contributed by atoms with Crippen molar-refractivity contribution < 1.29 is 14.3 Å². The lowest BCUT2D eigenvalue weighted by atomic mass is 10.1. The summed E-state index contributed by atoms with van der Waals surface area (Å²) < 4.78 is 12.7. The molecule has 8 heteroatoms. The molecule has 3 heterocycles. The van der Waals surface area contributed by atoms with Gasteiger partial charge in [-0.2, -0.15) is 9.61 Å². The van der Waals surface area contributed by atoms with E-state index in [2.05, 4.69) is 20.1 Å². The van der Waals surface area contributed by atoms with Crippen LogP contribution in [0.15, 0.2) is 30.7 Å². The summed E-state index contributed by atoms with van der Waals surface area (Å²) in [5.41, 5.74) is 3.14. The highest BCUT2D eigenvalue weighted by molar-refractivity contribution is 5.66. The third-order valence-corrected chi connectivity index (χ3v) is 3.76. The first-order valence-electron chi connectivity index (χ1n) is 8.42. The van der Waals surface area contributed by atoms with Gasteiger partial charge in [0.2, 0.25) is 5.88 Å². The molecule has 8 nitrogen and oxygen atoms in total. The topological polar surface area (TPSA) is 91.5 Å². The molecule has 3 aromatic rings. The lowest BCUT2D eigenvalue weighted by Crippen LogP contribution is -2.13. The first kappa shape index (κ1) is 17.8. The number of fused-ring (bicyclic) bond motifs is 1. The van der Waals surface area contributed by atoms with Crippen LogP contribution in [0.1, 0.15) is 37.4 Å². The molecule has 0 N–H and O–H groups in total. The minimum atomic E-state index is -0.278. The van der Waals surface area contributed by atoms with Crippen molar-refractivity contribution >= 4 is 11.6 Å². The summed E-state index contributed by atoms with van der Waals surface area (Å²) in [6.07, 6.45) is 6.25. The number of aryl methyl sites for hydroxylation is 2. The van der Waals surface area contributed by atoms with E-state index in [0.717, 1.165) is 17.1 Å². The minimum absolute atomic E-state index is 0.164. The largest absolute Gasteiger partial charge is 0.471 e. The van der Waals surface area contributed by atoms with Gasteiger partial charge in [-0.05, 0) is 26.7 Å². The molecule has 0 aliphatic rings. The van der Waals surface area contributed by atoms with E-state index in [1.54, 1.807) is 23.1 Å². The minimum Gasteiger partial charge on any atom is -0.471 e. The molecule has 0 radical (unpaired) electrons. The molecule has 26 heavy (non-hydrogen) atoms. The summed E-state index contributed by atoms with van der Waals surface area (Å²) in [5.74, 6) is 0.303. The summed E-state index contributed by atoms with van der Waals surface area (Å²) in [4.78, 5) is 24.1. The number of hydrogen-bond donors (Lipinski definition) is 0. The Morgan fingerprint density at radius 3 is 2.85 bits per heavy atom. The number of rotatable bonds is 7. The van der Waals surface area contributed by atoms with Gasteiger partial charge in [0, 0.05) is 30.9 Å². The van der Waals surface area contributed by atoms with Crippen molar-refractivity contribution in [2.24, 2.45) is 0 Å². The second-order valence-corrected chi connectivity index (χ2v) is 6.08. The number of aromatic nitrogens is 5. The lowest BCUT2D eigenvalue weighted by molar-refractivity contribution is -0.145. The molecule has 0 saturated heterocycles. The third kappa shape index (κ3) is 4.53. The maximum atomic E-state index is 11.0. The Labute approximate surface area is 151 Å². The van der Waals surface area contributed by atoms with Crippen LogP contribution in [0.4, 0.5) is 0 Å². The molecule has 0 fully saturated rings. The smallest absolute Gasteiger partial charge is 0.302 e. The summed E-state index contributed by atoms with van der Waals surface area (Å²) in [6.45, 7) is 5.45. The van der Waals surface area contributed by atoms with Gasteiger partial charge < -0.3 is 9.47 Å². The zero-order valence-corrected chi connectivity index (χ0v) is 15.0. The van der Waals surface area contributed by atoms with Crippen LogP contribution in [0.5, 0.6) is 5.88 Å². The molecule has 0 saturated carbocycles. The maximum Gasteiger partial charge on any atom is 0.302 e. The molecule has 0 bridgehead atoms. The monoisotopic (exact) mass is 355 g/mol. The van der Waals surface area contributed by atoms with E-state index in [-0.39, 0.29) is 18.7 Å². The Morgan fingerprint density at radius 1 is 1.27 bits per heavy atom. The Bertz CT molecular complexity index is 891. The van der Waals surface area contributed by atoms with Crippen molar-refractivity contribution in [3.8, 4) is 5.88 Å². The first-order chi connectivity index (χ1) is 12.5. The Kier molecular flexibility index (Phi) is 5.40. The second kappa shape index (κ2) is 7.90. The van der Waals surface area contributed by atoms with Gasteiger partial charge >= 0.3 is 5.97 Å². The number of hydrogen-bond acceptors (Lipinski definition) is 7. The van der Waals surface area contributed by atoms with E-state index in [4.69, 9.17) is 9.47 Å². The SMILES string of the molecule is CC(=O)OC(C)CCc1cc(OCc2cnc(C)cn2)n2nccc2n1. The van der Waals surface area contributed by atoms with Crippen molar-refractivity contribution in [1.82, 2.24) is 24.6 Å². The van der Waals surface area contributed by atoms with E-state index in [1.165, 1.54) is 6.92 Å². The molecular formula is C18H21N5O3. The highest BCUT2D eigenvalue weighted by Gasteiger charge is 2.11. The highest BCUT2D eigenvalue weighted by atomic mass is 16.5. The fourth-order valence-electron chi connectivity index (χ4n) is 2.50. The molecule has 0 amide bonds. The lowest BCUT2D eigenvalue weighted by Gasteiger charge is -2.12. The highest BCUT2D eigenvalue weighted by Crippen LogP contribution is 2.18. The molecule has 0 aliphatic heterocycles. The average Bonchev–Trinajstić information content (AvgIpc) is 3.07. The van der Waals surface area contributed by atoms with Crippen LogP contribution >= 0.6 is 0 Å². The molecule has 3 rings (SSSR count). The van der Waals surface area contributed by atoms with Gasteiger partial charge in [-0.15, -0.1) is 0 Å². The van der Waals surface area contributed by atoms with Gasteiger partial charge in [-0.25, -0.2) is 4.98 Å². The van der Waals surface area contributed by atoms with E-state index >= 15 is 0 Å². The molecule has 0 aromatic carbocycles. The van der Waals surface area contributed by atoms with Gasteiger partial charge in [0.15, 0.2) is 5.65 Å². The van der Waals surface area contributed by atoms with Gasteiger partial charge in [0.05, 0.1) is 29.9 Å². The van der Waals surface area contributed by atoms with Gasteiger partial charge in [-0.1, -0.05) is 0 Å². The van der Waals surface area contributed by atoms with Gasteiger partial charge in [0.1, 0.15) is 6.61 Å². The van der Waals surface area contributed by atoms with E-state index in [9.17, 15) is 4.79 Å². The maximum absolute atomic E-state index is 11.0. The van der Waals surface area contributed by atoms with E-state index in [0.29, 0.717) is 24.4 Å². The first-order valence-corrected chi connectivity index (χ1v) is 8.42. The zero-order valence-electron chi connectivity index (χ0n) is 15.0. The summed E-state index contributed by atoms with van der Waals surface area (Å²) >= 11 is 0. The normalized spacial score (nSPS) is 12.1. The Balaban J connectivity index is 1.73. The second-order valence-electron chi connectivity index (χ2n) is 6.08. The third-order valence-electron chi connectivity index (χ3n) is 3.76. The summed E-state index contributed by atoms with van der Waals surface area (Å²) in [6, 6.07) is 3.67. The molecule has 136 valence electrons. The van der Waals surface area contributed by atoms with E-state index < -0.39 is 0 Å². The van der Waals surface area contributed by atoms with Crippen LogP contribution in [-0.2, 0) is 22.6 Å². The number of carbonyl (C=O) groups excluding carboxylic acids is 1. The number of carbonyl (C=O) groups is 1. The molecule has 0 aliphatic carbocycles. The summed E-state index contributed by atoms with van der Waals surface area (Å²) in [5, 5.41) is 4.24. The zero-order chi connectivity index (χ0) is 18.5. The van der Waals surface area contributed by atoms with Crippen LogP contribution in [0.3, 0.4) is 0 Å². The number of nitrogens with zero attached hydrogens (tertiary/aromatic N) is 5. The fraction of sp³-hybridized carbons (Fsp3) is 0.389. The summed E-state index contributed by atoms with van der Waals surface area (Å²) in [7, 11) is 0. The quantitative estimate of drug-likeness (QED) is 0.600. The van der Waals surface area contributed by atoms with Crippen molar-refractivity contribution in [3.05, 3.63) is 47.8 Å². The van der Waals surface area contributed by atoms with Crippen LogP contribution in [0.2, 0.25) is 0 Å². The average molecular weight is 355 g/mol. The van der Waals surface area contributed by atoms with Crippen LogP contribution in [-0.4, -0.2) is 36.6 Å². The van der Waals surface area contributed by atoms with Crippen molar-refractivity contribution in [1.29, 1.82) is 0 Å². The molecular weight excluding hydrogens is 334 g/mol.